The van der Waals surface area contributed by atoms with Crippen molar-refractivity contribution in [2.75, 3.05) is 7.11 Å². The summed E-state index contributed by atoms with van der Waals surface area (Å²) in [5.41, 5.74) is -0.668. The van der Waals surface area contributed by atoms with Crippen molar-refractivity contribution in [1.82, 2.24) is 0 Å². The molecule has 0 aliphatic heterocycles. The highest BCUT2D eigenvalue weighted by atomic mass is 32.2. The van der Waals surface area contributed by atoms with Gasteiger partial charge in [-0.15, -0.1) is 0 Å². The molecule has 0 heterocycles. The van der Waals surface area contributed by atoms with Crippen LogP contribution in [0, 0.1) is 5.82 Å². The fourth-order valence-corrected chi connectivity index (χ4v) is 5.41. The van der Waals surface area contributed by atoms with Gasteiger partial charge in [-0.2, -0.15) is 13.2 Å². The number of hydrogen-bond acceptors (Lipinski definition) is 3. The quantitative estimate of drug-likeness (QED) is 0.687. The molecule has 146 valence electrons. The van der Waals surface area contributed by atoms with Crippen LogP contribution in [-0.2, 0) is 20.8 Å². The fourth-order valence-electron chi connectivity index (χ4n) is 3.40. The van der Waals surface area contributed by atoms with Crippen molar-refractivity contribution < 1.29 is 30.7 Å². The number of ether oxygens (including phenoxy) is 1. The van der Waals surface area contributed by atoms with E-state index in [4.69, 9.17) is 4.74 Å². The molecule has 2 atom stereocenters. The average Bonchev–Trinajstić information content (AvgIpc) is 3.11. The normalized spacial score (nSPS) is 20.8. The van der Waals surface area contributed by atoms with E-state index >= 15 is 0 Å². The lowest BCUT2D eigenvalue weighted by atomic mass is 10.0. The Kier molecular flexibility index (Phi) is 5.31. The Balaban J connectivity index is 2.06. The Labute approximate surface area is 154 Å². The van der Waals surface area contributed by atoms with Gasteiger partial charge in [-0.1, -0.05) is 18.2 Å². The zero-order valence-electron chi connectivity index (χ0n) is 14.5. The smallest absolute Gasteiger partial charge is 0.381 e. The first-order valence-corrected chi connectivity index (χ1v) is 9.91. The van der Waals surface area contributed by atoms with Gasteiger partial charge in [-0.25, -0.2) is 12.8 Å². The van der Waals surface area contributed by atoms with E-state index < -0.39 is 37.5 Å². The van der Waals surface area contributed by atoms with Gasteiger partial charge in [0, 0.05) is 7.11 Å². The molecule has 0 saturated heterocycles. The number of methoxy groups -OCH3 is 1. The third-order valence-electron chi connectivity index (χ3n) is 4.88. The van der Waals surface area contributed by atoms with Crippen LogP contribution in [-0.4, -0.2) is 26.9 Å². The maximum atomic E-state index is 13.6. The standard InChI is InChI=1S/C19H18F4O3S/c1-26-15-7-8-16(11-15)27(24,25)18-9-4-13(10-17(18)19(21,22)23)12-2-5-14(20)6-3-12/h2-6,9-10,15-16H,7-8,11H2,1H3/t15-,16-/m1/s1. The number of rotatable bonds is 4. The highest BCUT2D eigenvalue weighted by Gasteiger charge is 2.42. The maximum Gasteiger partial charge on any atom is 0.417 e. The Hall–Kier alpha value is -1.93. The highest BCUT2D eigenvalue weighted by molar-refractivity contribution is 7.92. The van der Waals surface area contributed by atoms with Gasteiger partial charge >= 0.3 is 6.18 Å². The van der Waals surface area contributed by atoms with Gasteiger partial charge < -0.3 is 4.74 Å². The first-order chi connectivity index (χ1) is 12.6. The molecule has 3 nitrogen and oxygen atoms in total. The van der Waals surface area contributed by atoms with Crippen LogP contribution in [0.5, 0.6) is 0 Å². The Morgan fingerprint density at radius 2 is 1.63 bits per heavy atom. The Bertz CT molecular complexity index is 921. The summed E-state index contributed by atoms with van der Waals surface area (Å²) >= 11 is 0. The van der Waals surface area contributed by atoms with Crippen molar-refractivity contribution in [3.63, 3.8) is 0 Å². The maximum absolute atomic E-state index is 13.6. The molecule has 8 heteroatoms. The van der Waals surface area contributed by atoms with E-state index in [2.05, 4.69) is 0 Å². The fraction of sp³-hybridized carbons (Fsp3) is 0.368. The van der Waals surface area contributed by atoms with Crippen LogP contribution in [0.15, 0.2) is 47.4 Å². The molecule has 1 aliphatic rings. The predicted octanol–water partition coefficient (Wildman–Crippen LogP) is 4.85. The van der Waals surface area contributed by atoms with Crippen LogP contribution in [0.25, 0.3) is 11.1 Å². The van der Waals surface area contributed by atoms with Crippen LogP contribution in [0.4, 0.5) is 17.6 Å². The van der Waals surface area contributed by atoms with E-state index in [1.165, 1.54) is 25.3 Å². The summed E-state index contributed by atoms with van der Waals surface area (Å²) in [6, 6.07) is 8.09. The summed E-state index contributed by atoms with van der Waals surface area (Å²) in [5, 5.41) is -0.903. The summed E-state index contributed by atoms with van der Waals surface area (Å²) in [6.45, 7) is 0. The first kappa shape index (κ1) is 19.8. The minimum Gasteiger partial charge on any atom is -0.381 e. The van der Waals surface area contributed by atoms with Gasteiger partial charge in [-0.3, -0.25) is 0 Å². The molecule has 0 unspecified atom stereocenters. The van der Waals surface area contributed by atoms with E-state index in [0.29, 0.717) is 12.0 Å². The molecule has 1 fully saturated rings. The van der Waals surface area contributed by atoms with Gasteiger partial charge in [0.05, 0.1) is 21.8 Å². The predicted molar refractivity (Wildman–Crippen MR) is 92.5 cm³/mol. The molecule has 2 aromatic carbocycles. The summed E-state index contributed by atoms with van der Waals surface area (Å²) in [4.78, 5) is -0.720. The molecule has 0 spiro atoms. The van der Waals surface area contributed by atoms with Gasteiger partial charge in [0.1, 0.15) is 5.82 Å². The Morgan fingerprint density at radius 1 is 1.00 bits per heavy atom. The summed E-state index contributed by atoms with van der Waals surface area (Å²) in [5.74, 6) is -0.511. The monoisotopic (exact) mass is 402 g/mol. The minimum atomic E-state index is -4.84. The van der Waals surface area contributed by atoms with Crippen LogP contribution in [0.2, 0.25) is 0 Å². The van der Waals surface area contributed by atoms with Crippen LogP contribution in [0.1, 0.15) is 24.8 Å². The van der Waals surface area contributed by atoms with Crippen LogP contribution in [0.3, 0.4) is 0 Å². The van der Waals surface area contributed by atoms with Crippen molar-refractivity contribution in [3.05, 3.63) is 53.8 Å². The SMILES string of the molecule is CO[C@@H]1CC[C@@H](S(=O)(=O)c2ccc(-c3ccc(F)cc3)cc2C(F)(F)F)C1. The van der Waals surface area contributed by atoms with Gasteiger partial charge in [0.2, 0.25) is 0 Å². The van der Waals surface area contributed by atoms with Crippen molar-refractivity contribution >= 4 is 9.84 Å². The van der Waals surface area contributed by atoms with Crippen molar-refractivity contribution in [2.45, 2.75) is 41.7 Å². The molecule has 3 rings (SSSR count). The van der Waals surface area contributed by atoms with Gasteiger partial charge in [0.15, 0.2) is 9.84 Å². The molecule has 0 radical (unpaired) electrons. The third kappa shape index (κ3) is 4.01. The molecule has 27 heavy (non-hydrogen) atoms. The van der Waals surface area contributed by atoms with Crippen molar-refractivity contribution in [1.29, 1.82) is 0 Å². The number of hydrogen-bond donors (Lipinski definition) is 0. The lowest BCUT2D eigenvalue weighted by molar-refractivity contribution is -0.139. The Morgan fingerprint density at radius 3 is 2.19 bits per heavy atom. The second-order valence-corrected chi connectivity index (χ2v) is 8.75. The van der Waals surface area contributed by atoms with Crippen LogP contribution < -0.4 is 0 Å². The van der Waals surface area contributed by atoms with Gasteiger partial charge in [0.25, 0.3) is 0 Å². The number of sulfone groups is 1. The largest absolute Gasteiger partial charge is 0.417 e. The lowest BCUT2D eigenvalue weighted by Gasteiger charge is -2.18. The average molecular weight is 402 g/mol. The molecule has 0 bridgehead atoms. The van der Waals surface area contributed by atoms with Crippen molar-refractivity contribution in [2.24, 2.45) is 0 Å². The van der Waals surface area contributed by atoms with Crippen molar-refractivity contribution in [3.8, 4) is 11.1 Å². The van der Waals surface area contributed by atoms with Gasteiger partial charge in [-0.05, 0) is 54.7 Å². The zero-order chi connectivity index (χ0) is 19.8. The summed E-state index contributed by atoms with van der Waals surface area (Å²) in [7, 11) is -2.70. The molecule has 0 aromatic heterocycles. The van der Waals surface area contributed by atoms with E-state index in [9.17, 15) is 26.0 Å². The number of alkyl halides is 3. The molecule has 1 aliphatic carbocycles. The number of halogens is 4. The highest BCUT2D eigenvalue weighted by Crippen LogP contribution is 2.40. The van der Waals surface area contributed by atoms with E-state index in [1.807, 2.05) is 0 Å². The molecule has 0 N–H and O–H groups in total. The summed E-state index contributed by atoms with van der Waals surface area (Å²) < 4.78 is 84.8. The van der Waals surface area contributed by atoms with E-state index in [1.54, 1.807) is 0 Å². The third-order valence-corrected chi connectivity index (χ3v) is 7.15. The molecule has 2 aromatic rings. The number of benzene rings is 2. The zero-order valence-corrected chi connectivity index (χ0v) is 15.3. The van der Waals surface area contributed by atoms with E-state index in [0.717, 1.165) is 24.3 Å². The minimum absolute atomic E-state index is 0.169. The topological polar surface area (TPSA) is 43.4 Å². The van der Waals surface area contributed by atoms with E-state index in [-0.39, 0.29) is 24.5 Å². The summed E-state index contributed by atoms with van der Waals surface area (Å²) in [6.07, 6.45) is -4.17. The first-order valence-electron chi connectivity index (χ1n) is 8.37. The molecule has 1 saturated carbocycles. The molecule has 0 amide bonds. The molecular weight excluding hydrogens is 384 g/mol. The second-order valence-electron chi connectivity index (χ2n) is 6.55. The lowest BCUT2D eigenvalue weighted by Crippen LogP contribution is -2.23. The molecular formula is C19H18F4O3S. The second kappa shape index (κ2) is 7.24. The van der Waals surface area contributed by atoms with Crippen LogP contribution >= 0.6 is 0 Å².